The van der Waals surface area contributed by atoms with Gasteiger partial charge in [0.15, 0.2) is 0 Å². The topological polar surface area (TPSA) is 68.6 Å². The molecule has 1 amide bonds. The van der Waals surface area contributed by atoms with Crippen molar-refractivity contribution in [2.45, 2.75) is 25.7 Å². The SMILES string of the molecule is N#Cc1c(NC(=O)CN2CCN(CCOc3ccc(Cl)cc3)CC2)sc2c1CCCC2. The first-order chi connectivity index (χ1) is 15.1. The maximum absolute atomic E-state index is 12.6. The van der Waals surface area contributed by atoms with Gasteiger partial charge in [0.1, 0.15) is 23.4 Å². The number of benzene rings is 1. The molecule has 0 spiro atoms. The Hall–Kier alpha value is -2.11. The van der Waals surface area contributed by atoms with Crippen molar-refractivity contribution in [3.63, 3.8) is 0 Å². The van der Waals surface area contributed by atoms with Gasteiger partial charge in [-0.2, -0.15) is 5.26 Å². The van der Waals surface area contributed by atoms with Crippen LogP contribution in [0.2, 0.25) is 5.02 Å². The molecule has 8 heteroatoms. The van der Waals surface area contributed by atoms with Crippen molar-refractivity contribution in [1.29, 1.82) is 5.26 Å². The molecule has 1 fully saturated rings. The van der Waals surface area contributed by atoms with Crippen LogP contribution in [-0.4, -0.2) is 61.6 Å². The second kappa shape index (κ2) is 10.5. The number of piperazine rings is 1. The number of rotatable bonds is 7. The molecule has 164 valence electrons. The van der Waals surface area contributed by atoms with Gasteiger partial charge < -0.3 is 10.1 Å². The van der Waals surface area contributed by atoms with Crippen LogP contribution in [0.15, 0.2) is 24.3 Å². The summed E-state index contributed by atoms with van der Waals surface area (Å²) in [6, 6.07) is 9.71. The van der Waals surface area contributed by atoms with Crippen LogP contribution in [0.4, 0.5) is 5.00 Å². The number of fused-ring (bicyclic) bond motifs is 1. The largest absolute Gasteiger partial charge is 0.492 e. The Morgan fingerprint density at radius 1 is 1.13 bits per heavy atom. The molecule has 1 aromatic carbocycles. The summed E-state index contributed by atoms with van der Waals surface area (Å²) < 4.78 is 5.77. The summed E-state index contributed by atoms with van der Waals surface area (Å²) >= 11 is 7.47. The van der Waals surface area contributed by atoms with E-state index in [-0.39, 0.29) is 5.91 Å². The van der Waals surface area contributed by atoms with Gasteiger partial charge in [-0.1, -0.05) is 11.6 Å². The zero-order chi connectivity index (χ0) is 21.6. The number of aryl methyl sites for hydroxylation is 1. The molecule has 0 atom stereocenters. The molecule has 1 aliphatic heterocycles. The predicted octanol–water partition coefficient (Wildman–Crippen LogP) is 3.79. The molecule has 1 aliphatic carbocycles. The molecule has 0 bridgehead atoms. The second-order valence-electron chi connectivity index (χ2n) is 8.00. The molecule has 2 heterocycles. The molecule has 1 aromatic heterocycles. The number of ether oxygens (including phenoxy) is 1. The number of thiophene rings is 1. The van der Waals surface area contributed by atoms with Crippen molar-refractivity contribution >= 4 is 33.8 Å². The Bertz CT molecular complexity index is 946. The fraction of sp³-hybridized carbons (Fsp3) is 0.478. The number of halogens is 1. The third-order valence-electron chi connectivity index (χ3n) is 5.86. The molecule has 31 heavy (non-hydrogen) atoms. The summed E-state index contributed by atoms with van der Waals surface area (Å²) in [5.41, 5.74) is 1.84. The molecule has 2 aliphatic rings. The lowest BCUT2D eigenvalue weighted by molar-refractivity contribution is -0.117. The van der Waals surface area contributed by atoms with E-state index in [1.165, 1.54) is 11.3 Å². The Morgan fingerprint density at radius 3 is 2.58 bits per heavy atom. The van der Waals surface area contributed by atoms with Gasteiger partial charge in [0.2, 0.25) is 5.91 Å². The van der Waals surface area contributed by atoms with E-state index in [4.69, 9.17) is 16.3 Å². The highest BCUT2D eigenvalue weighted by Crippen LogP contribution is 2.37. The fourth-order valence-electron chi connectivity index (χ4n) is 4.14. The van der Waals surface area contributed by atoms with Gasteiger partial charge in [-0.25, -0.2) is 0 Å². The summed E-state index contributed by atoms with van der Waals surface area (Å²) in [4.78, 5) is 18.4. The molecule has 1 N–H and O–H groups in total. The summed E-state index contributed by atoms with van der Waals surface area (Å²) in [5.74, 6) is 0.793. The average molecular weight is 459 g/mol. The van der Waals surface area contributed by atoms with Gasteiger partial charge in [-0.15, -0.1) is 11.3 Å². The quantitative estimate of drug-likeness (QED) is 0.683. The molecule has 6 nitrogen and oxygen atoms in total. The summed E-state index contributed by atoms with van der Waals surface area (Å²) in [7, 11) is 0. The van der Waals surface area contributed by atoms with Crippen molar-refractivity contribution < 1.29 is 9.53 Å². The van der Waals surface area contributed by atoms with Gasteiger partial charge >= 0.3 is 0 Å². The van der Waals surface area contributed by atoms with Gasteiger partial charge in [0.25, 0.3) is 0 Å². The minimum Gasteiger partial charge on any atom is -0.492 e. The molecule has 0 radical (unpaired) electrons. The van der Waals surface area contributed by atoms with Crippen LogP contribution in [0.25, 0.3) is 0 Å². The molecule has 1 saturated heterocycles. The van der Waals surface area contributed by atoms with E-state index < -0.39 is 0 Å². The van der Waals surface area contributed by atoms with Crippen LogP contribution < -0.4 is 10.1 Å². The lowest BCUT2D eigenvalue weighted by Gasteiger charge is -2.34. The van der Waals surface area contributed by atoms with Crippen molar-refractivity contribution in [3.05, 3.63) is 45.3 Å². The number of carbonyl (C=O) groups excluding carboxylic acids is 1. The first kappa shape index (κ1) is 22.1. The first-order valence-electron chi connectivity index (χ1n) is 10.8. The Balaban J connectivity index is 1.19. The number of nitrogens with zero attached hydrogens (tertiary/aromatic N) is 3. The molecular formula is C23H27ClN4O2S. The minimum atomic E-state index is -0.0328. The lowest BCUT2D eigenvalue weighted by atomic mass is 9.96. The summed E-state index contributed by atoms with van der Waals surface area (Å²) in [5, 5.41) is 14.0. The number of nitriles is 1. The molecule has 4 rings (SSSR count). The highest BCUT2D eigenvalue weighted by Gasteiger charge is 2.23. The smallest absolute Gasteiger partial charge is 0.239 e. The number of carbonyl (C=O) groups is 1. The van der Waals surface area contributed by atoms with Crippen molar-refractivity contribution in [2.75, 3.05) is 51.2 Å². The maximum Gasteiger partial charge on any atom is 0.239 e. The average Bonchev–Trinajstić information content (AvgIpc) is 3.13. The van der Waals surface area contributed by atoms with E-state index in [9.17, 15) is 10.1 Å². The van der Waals surface area contributed by atoms with Gasteiger partial charge in [0, 0.05) is 42.6 Å². The highest BCUT2D eigenvalue weighted by molar-refractivity contribution is 7.16. The highest BCUT2D eigenvalue weighted by atomic mass is 35.5. The Morgan fingerprint density at radius 2 is 1.84 bits per heavy atom. The minimum absolute atomic E-state index is 0.0328. The standard InChI is InChI=1S/C23H27ClN4O2S/c24-17-5-7-18(8-6-17)30-14-13-27-9-11-28(12-10-27)16-22(29)26-23-20(15-25)19-3-1-2-4-21(19)31-23/h5-8H,1-4,9-14,16H2,(H,26,29). The number of hydrogen-bond acceptors (Lipinski definition) is 6. The predicted molar refractivity (Wildman–Crippen MR) is 124 cm³/mol. The number of anilines is 1. The van der Waals surface area contributed by atoms with E-state index in [1.807, 2.05) is 24.3 Å². The third-order valence-corrected chi connectivity index (χ3v) is 7.32. The molecule has 2 aromatic rings. The van der Waals surface area contributed by atoms with E-state index >= 15 is 0 Å². The lowest BCUT2D eigenvalue weighted by Crippen LogP contribution is -2.49. The zero-order valence-corrected chi connectivity index (χ0v) is 19.1. The van der Waals surface area contributed by atoms with Crippen LogP contribution in [-0.2, 0) is 17.6 Å². The molecule has 0 saturated carbocycles. The Labute approximate surface area is 192 Å². The second-order valence-corrected chi connectivity index (χ2v) is 9.54. The maximum atomic E-state index is 12.6. The van der Waals surface area contributed by atoms with Crippen LogP contribution in [0.3, 0.4) is 0 Å². The first-order valence-corrected chi connectivity index (χ1v) is 12.0. The number of hydrogen-bond donors (Lipinski definition) is 1. The van der Waals surface area contributed by atoms with Crippen LogP contribution in [0.5, 0.6) is 5.75 Å². The Kier molecular flexibility index (Phi) is 7.46. The number of amides is 1. The normalized spacial score (nSPS) is 17.0. The van der Waals surface area contributed by atoms with E-state index in [0.29, 0.717) is 23.7 Å². The zero-order valence-electron chi connectivity index (χ0n) is 17.5. The summed E-state index contributed by atoms with van der Waals surface area (Å²) in [6.45, 7) is 5.36. The van der Waals surface area contributed by atoms with Gasteiger partial charge in [-0.05, 0) is 55.5 Å². The van der Waals surface area contributed by atoms with Crippen LogP contribution in [0.1, 0.15) is 28.8 Å². The van der Waals surface area contributed by atoms with Gasteiger partial charge in [0.05, 0.1) is 12.1 Å². The fourth-order valence-corrected chi connectivity index (χ4v) is 5.52. The summed E-state index contributed by atoms with van der Waals surface area (Å²) in [6.07, 6.45) is 4.27. The molecular weight excluding hydrogens is 432 g/mol. The van der Waals surface area contributed by atoms with Gasteiger partial charge in [-0.3, -0.25) is 14.6 Å². The van der Waals surface area contributed by atoms with Crippen molar-refractivity contribution in [3.8, 4) is 11.8 Å². The molecule has 0 unspecified atom stereocenters. The van der Waals surface area contributed by atoms with E-state index in [0.717, 1.165) is 68.3 Å². The van der Waals surface area contributed by atoms with Crippen LogP contribution in [0, 0.1) is 11.3 Å². The van der Waals surface area contributed by atoms with E-state index in [2.05, 4.69) is 21.2 Å². The van der Waals surface area contributed by atoms with E-state index in [1.54, 1.807) is 11.3 Å². The number of nitrogens with one attached hydrogen (secondary N) is 1. The monoisotopic (exact) mass is 458 g/mol. The van der Waals surface area contributed by atoms with Crippen molar-refractivity contribution in [1.82, 2.24) is 9.80 Å². The third kappa shape index (κ3) is 5.78. The van der Waals surface area contributed by atoms with Crippen LogP contribution >= 0.6 is 22.9 Å². The van der Waals surface area contributed by atoms with Crippen molar-refractivity contribution in [2.24, 2.45) is 0 Å².